The third-order valence-corrected chi connectivity index (χ3v) is 4.32. The molecule has 4 nitrogen and oxygen atoms in total. The summed E-state index contributed by atoms with van der Waals surface area (Å²) in [5, 5.41) is 9.43. The van der Waals surface area contributed by atoms with E-state index < -0.39 is 5.97 Å². The van der Waals surface area contributed by atoms with Crippen molar-refractivity contribution in [1.29, 1.82) is 0 Å². The molecule has 1 N–H and O–H groups in total. The molecule has 3 unspecified atom stereocenters. The molecule has 21 heavy (non-hydrogen) atoms. The van der Waals surface area contributed by atoms with Crippen LogP contribution in [-0.4, -0.2) is 35.2 Å². The highest BCUT2D eigenvalue weighted by molar-refractivity contribution is 5.74. The van der Waals surface area contributed by atoms with E-state index in [4.69, 9.17) is 4.74 Å². The molecule has 0 aromatic heterocycles. The number of likely N-dealkylation sites (tertiary alicyclic amines) is 1. The summed E-state index contributed by atoms with van der Waals surface area (Å²) < 4.78 is 5.58. The van der Waals surface area contributed by atoms with Gasteiger partial charge in [0.1, 0.15) is 11.8 Å². The van der Waals surface area contributed by atoms with Crippen LogP contribution in [0.5, 0.6) is 5.75 Å². The molecule has 3 atom stereocenters. The summed E-state index contributed by atoms with van der Waals surface area (Å²) in [6, 6.07) is 7.75. The predicted molar refractivity (Wildman–Crippen MR) is 82.6 cm³/mol. The van der Waals surface area contributed by atoms with Gasteiger partial charge in [0.25, 0.3) is 0 Å². The van der Waals surface area contributed by atoms with Gasteiger partial charge in [0.15, 0.2) is 0 Å². The van der Waals surface area contributed by atoms with E-state index in [-0.39, 0.29) is 18.0 Å². The minimum atomic E-state index is -0.713. The summed E-state index contributed by atoms with van der Waals surface area (Å²) in [6.07, 6.45) is 1.93. The van der Waals surface area contributed by atoms with Gasteiger partial charge in [-0.25, -0.2) is 0 Å². The van der Waals surface area contributed by atoms with E-state index in [1.807, 2.05) is 31.2 Å². The average molecular weight is 291 g/mol. The molecule has 0 amide bonds. The molecule has 0 spiro atoms. The zero-order valence-corrected chi connectivity index (χ0v) is 13.1. The van der Waals surface area contributed by atoms with Crippen molar-refractivity contribution >= 4 is 5.97 Å². The van der Waals surface area contributed by atoms with Gasteiger partial charge in [-0.3, -0.25) is 9.69 Å². The maximum absolute atomic E-state index is 11.5. The first-order chi connectivity index (χ1) is 10.0. The van der Waals surface area contributed by atoms with Crippen LogP contribution in [0.1, 0.15) is 45.2 Å². The molecule has 1 aromatic carbocycles. The molecule has 0 bridgehead atoms. The molecule has 116 valence electrons. The van der Waals surface area contributed by atoms with Gasteiger partial charge in [0.05, 0.1) is 6.61 Å². The minimum absolute atomic E-state index is 0.108. The smallest absolute Gasteiger partial charge is 0.321 e. The Hall–Kier alpha value is -1.55. The Balaban J connectivity index is 2.08. The molecule has 0 radical (unpaired) electrons. The highest BCUT2D eigenvalue weighted by Gasteiger charge is 2.39. The fraction of sp³-hybridized carbons (Fsp3) is 0.588. The second-order valence-electron chi connectivity index (χ2n) is 5.88. The number of ether oxygens (including phenoxy) is 1. The number of carboxylic acid groups (broad SMARTS) is 1. The number of hydrogen-bond donors (Lipinski definition) is 1. The maximum Gasteiger partial charge on any atom is 0.321 e. The number of nitrogens with zero attached hydrogens (tertiary/aromatic N) is 1. The van der Waals surface area contributed by atoms with Crippen molar-refractivity contribution in [1.82, 2.24) is 4.90 Å². The van der Waals surface area contributed by atoms with Crippen LogP contribution in [0.2, 0.25) is 0 Å². The van der Waals surface area contributed by atoms with Crippen molar-refractivity contribution in [2.75, 3.05) is 13.2 Å². The van der Waals surface area contributed by atoms with Crippen molar-refractivity contribution < 1.29 is 14.6 Å². The van der Waals surface area contributed by atoms with Crippen molar-refractivity contribution in [3.63, 3.8) is 0 Å². The molecule has 2 rings (SSSR count). The molecule has 1 heterocycles. The van der Waals surface area contributed by atoms with Gasteiger partial charge in [-0.15, -0.1) is 0 Å². The van der Waals surface area contributed by atoms with Crippen molar-refractivity contribution in [2.45, 2.75) is 45.7 Å². The molecule has 0 saturated carbocycles. The Kier molecular flexibility index (Phi) is 5.23. The first kappa shape index (κ1) is 15.8. The SMILES string of the molecule is CCCOc1ccc(C(C)N2CCC(C)C2C(=O)O)cc1. The minimum Gasteiger partial charge on any atom is -0.494 e. The Morgan fingerprint density at radius 3 is 2.67 bits per heavy atom. The van der Waals surface area contributed by atoms with E-state index in [1.54, 1.807) is 0 Å². The topological polar surface area (TPSA) is 49.8 Å². The molecule has 1 aromatic rings. The van der Waals surface area contributed by atoms with Gasteiger partial charge in [0, 0.05) is 6.04 Å². The van der Waals surface area contributed by atoms with Gasteiger partial charge in [-0.05, 0) is 49.9 Å². The maximum atomic E-state index is 11.5. The molecular weight excluding hydrogens is 266 g/mol. The summed E-state index contributed by atoms with van der Waals surface area (Å²) in [4.78, 5) is 13.6. The lowest BCUT2D eigenvalue weighted by molar-refractivity contribution is -0.144. The van der Waals surface area contributed by atoms with Crippen LogP contribution in [0.15, 0.2) is 24.3 Å². The van der Waals surface area contributed by atoms with Gasteiger partial charge in [0.2, 0.25) is 0 Å². The van der Waals surface area contributed by atoms with E-state index in [0.29, 0.717) is 0 Å². The second-order valence-corrected chi connectivity index (χ2v) is 5.88. The van der Waals surface area contributed by atoms with Gasteiger partial charge >= 0.3 is 5.97 Å². The normalized spacial score (nSPS) is 24.0. The Morgan fingerprint density at radius 1 is 1.43 bits per heavy atom. The van der Waals surface area contributed by atoms with E-state index >= 15 is 0 Å². The number of carboxylic acids is 1. The Bertz CT molecular complexity index is 471. The van der Waals surface area contributed by atoms with Crippen molar-refractivity contribution in [3.05, 3.63) is 29.8 Å². The van der Waals surface area contributed by atoms with Crippen LogP contribution >= 0.6 is 0 Å². The summed E-state index contributed by atoms with van der Waals surface area (Å²) >= 11 is 0. The van der Waals surface area contributed by atoms with Crippen molar-refractivity contribution in [3.8, 4) is 5.75 Å². The molecule has 1 saturated heterocycles. The lowest BCUT2D eigenvalue weighted by Gasteiger charge is -2.30. The summed E-state index contributed by atoms with van der Waals surface area (Å²) in [7, 11) is 0. The number of rotatable bonds is 6. The zero-order chi connectivity index (χ0) is 15.4. The summed E-state index contributed by atoms with van der Waals surface area (Å²) in [5.41, 5.74) is 1.14. The molecule has 1 aliphatic rings. The summed E-state index contributed by atoms with van der Waals surface area (Å²) in [5.74, 6) is 0.365. The number of hydrogen-bond acceptors (Lipinski definition) is 3. The van der Waals surface area contributed by atoms with Crippen LogP contribution < -0.4 is 4.74 Å². The van der Waals surface area contributed by atoms with E-state index in [0.717, 1.165) is 37.3 Å². The lowest BCUT2D eigenvalue weighted by Crippen LogP contribution is -2.40. The van der Waals surface area contributed by atoms with Crippen LogP contribution in [0.4, 0.5) is 0 Å². The van der Waals surface area contributed by atoms with Gasteiger partial charge in [-0.2, -0.15) is 0 Å². The molecular formula is C17H25NO3. The summed E-state index contributed by atoms with van der Waals surface area (Å²) in [6.45, 7) is 7.74. The third-order valence-electron chi connectivity index (χ3n) is 4.32. The standard InChI is InChI=1S/C17H25NO3/c1-4-11-21-15-7-5-14(6-8-15)13(3)18-10-9-12(2)16(18)17(19)20/h5-8,12-13,16H,4,9-11H2,1-3H3,(H,19,20). The quantitative estimate of drug-likeness (QED) is 0.873. The number of carbonyl (C=O) groups is 1. The Labute approximate surface area is 126 Å². The highest BCUT2D eigenvalue weighted by atomic mass is 16.5. The van der Waals surface area contributed by atoms with Crippen molar-refractivity contribution in [2.24, 2.45) is 5.92 Å². The van der Waals surface area contributed by atoms with Crippen LogP contribution in [0.3, 0.4) is 0 Å². The third kappa shape index (κ3) is 3.56. The van der Waals surface area contributed by atoms with Crippen LogP contribution in [-0.2, 0) is 4.79 Å². The molecule has 1 fully saturated rings. The highest BCUT2D eigenvalue weighted by Crippen LogP contribution is 2.33. The number of benzene rings is 1. The van der Waals surface area contributed by atoms with E-state index in [9.17, 15) is 9.90 Å². The average Bonchev–Trinajstić information content (AvgIpc) is 2.87. The van der Waals surface area contributed by atoms with Crippen LogP contribution in [0.25, 0.3) is 0 Å². The Morgan fingerprint density at radius 2 is 2.10 bits per heavy atom. The zero-order valence-electron chi connectivity index (χ0n) is 13.1. The fourth-order valence-electron chi connectivity index (χ4n) is 3.05. The fourth-order valence-corrected chi connectivity index (χ4v) is 3.05. The van der Waals surface area contributed by atoms with E-state index in [1.165, 1.54) is 0 Å². The largest absolute Gasteiger partial charge is 0.494 e. The molecule has 0 aliphatic carbocycles. The molecule has 4 heteroatoms. The first-order valence-corrected chi connectivity index (χ1v) is 7.76. The van der Waals surface area contributed by atoms with Gasteiger partial charge < -0.3 is 9.84 Å². The number of aliphatic carboxylic acids is 1. The van der Waals surface area contributed by atoms with Gasteiger partial charge in [-0.1, -0.05) is 26.0 Å². The first-order valence-electron chi connectivity index (χ1n) is 7.76. The molecule has 1 aliphatic heterocycles. The lowest BCUT2D eigenvalue weighted by atomic mass is 10.0. The second kappa shape index (κ2) is 6.94. The van der Waals surface area contributed by atoms with Crippen LogP contribution in [0, 0.1) is 5.92 Å². The predicted octanol–water partition coefficient (Wildman–Crippen LogP) is 3.33. The van der Waals surface area contributed by atoms with E-state index in [2.05, 4.69) is 18.7 Å². The monoisotopic (exact) mass is 291 g/mol.